The van der Waals surface area contributed by atoms with Crippen molar-refractivity contribution in [1.29, 1.82) is 0 Å². The summed E-state index contributed by atoms with van der Waals surface area (Å²) in [5.41, 5.74) is 0. The molecule has 39 heavy (non-hydrogen) atoms. The fraction of sp³-hybridized carbons (Fsp3) is 0.833. The van der Waals surface area contributed by atoms with Crippen LogP contribution in [0.3, 0.4) is 0 Å². The summed E-state index contributed by atoms with van der Waals surface area (Å²) in [6, 6.07) is 0. The summed E-state index contributed by atoms with van der Waals surface area (Å²) < 4.78 is 9.66. The first-order chi connectivity index (χ1) is 18.8. The van der Waals surface area contributed by atoms with Crippen molar-refractivity contribution in [3.8, 4) is 0 Å². The first-order valence-electron chi connectivity index (χ1n) is 15.1. The molecule has 0 aromatic carbocycles. The molecule has 0 aromatic rings. The van der Waals surface area contributed by atoms with Gasteiger partial charge in [-0.15, -0.1) is 0 Å². The fourth-order valence-corrected chi connectivity index (χ4v) is 4.26. The number of hydrogen-bond acceptors (Lipinski definition) is 8. The number of carboxylic acid groups (broad SMARTS) is 1. The van der Waals surface area contributed by atoms with E-state index in [9.17, 15) is 24.6 Å². The molecule has 0 radical (unpaired) electrons. The lowest BCUT2D eigenvalue weighted by Crippen LogP contribution is -2.33. The van der Waals surface area contributed by atoms with Gasteiger partial charge in [-0.05, 0) is 12.8 Å². The molecule has 228 valence electrons. The molecule has 0 unspecified atom stereocenters. The zero-order valence-corrected chi connectivity index (χ0v) is 24.3. The van der Waals surface area contributed by atoms with E-state index in [4.69, 9.17) is 14.9 Å². The number of ether oxygens (including phenoxy) is 2. The lowest BCUT2D eigenvalue weighted by atomic mass is 10.1. The van der Waals surface area contributed by atoms with E-state index in [1.54, 1.807) is 0 Å². The summed E-state index contributed by atoms with van der Waals surface area (Å²) in [6.07, 6.45) is 18.9. The maximum atomic E-state index is 11.8. The highest BCUT2D eigenvalue weighted by molar-refractivity contribution is 5.90. The van der Waals surface area contributed by atoms with Gasteiger partial charge in [0.25, 0.3) is 0 Å². The van der Waals surface area contributed by atoms with Crippen LogP contribution in [0.5, 0.6) is 0 Å². The van der Waals surface area contributed by atoms with Gasteiger partial charge in [-0.2, -0.15) is 0 Å². The molecule has 4 N–H and O–H groups in total. The molecule has 0 saturated carbocycles. The van der Waals surface area contributed by atoms with E-state index in [-0.39, 0.29) is 6.42 Å². The van der Waals surface area contributed by atoms with E-state index in [0.717, 1.165) is 32.1 Å². The van der Waals surface area contributed by atoms with E-state index < -0.39 is 48.2 Å². The Morgan fingerprint density at radius 3 is 1.59 bits per heavy atom. The van der Waals surface area contributed by atoms with E-state index in [1.165, 1.54) is 77.0 Å². The average Bonchev–Trinajstić information content (AvgIpc) is 3.19. The molecule has 1 aliphatic rings. The first kappa shape index (κ1) is 36.9. The van der Waals surface area contributed by atoms with Crippen molar-refractivity contribution in [1.82, 2.24) is 0 Å². The molecule has 1 aliphatic heterocycles. The van der Waals surface area contributed by atoms with Crippen molar-refractivity contribution in [3.63, 3.8) is 0 Å². The second-order valence-corrected chi connectivity index (χ2v) is 10.3. The lowest BCUT2D eigenvalue weighted by Gasteiger charge is -2.17. The molecule has 0 aliphatic carbocycles. The Morgan fingerprint density at radius 2 is 1.18 bits per heavy atom. The zero-order valence-electron chi connectivity index (χ0n) is 24.3. The Labute approximate surface area is 235 Å². The van der Waals surface area contributed by atoms with Crippen LogP contribution in [-0.2, 0) is 23.9 Å². The first-order valence-corrected chi connectivity index (χ1v) is 15.1. The second-order valence-electron chi connectivity index (χ2n) is 10.3. The van der Waals surface area contributed by atoms with E-state index in [2.05, 4.69) is 18.6 Å². The number of esters is 2. The van der Waals surface area contributed by atoms with Crippen LogP contribution in [0.1, 0.15) is 142 Å². The molecule has 1 heterocycles. The predicted octanol–water partition coefficient (Wildman–Crippen LogP) is 6.49. The summed E-state index contributed by atoms with van der Waals surface area (Å²) in [7, 11) is 0. The summed E-state index contributed by atoms with van der Waals surface area (Å²) in [5, 5.41) is 36.5. The highest BCUT2D eigenvalue weighted by atomic mass is 16.6. The quantitative estimate of drug-likeness (QED) is 0.0814. The normalized spacial score (nSPS) is 15.5. The van der Waals surface area contributed by atoms with Crippen molar-refractivity contribution in [2.75, 3.05) is 6.61 Å². The summed E-state index contributed by atoms with van der Waals surface area (Å²) in [4.78, 5) is 33.4. The van der Waals surface area contributed by atoms with Crippen LogP contribution >= 0.6 is 0 Å². The van der Waals surface area contributed by atoms with Gasteiger partial charge in [0.1, 0.15) is 6.10 Å². The number of unbranched alkanes of at least 4 members (excludes halogenated alkanes) is 16. The number of carboxylic acids is 1. The third-order valence-electron chi connectivity index (χ3n) is 6.66. The maximum absolute atomic E-state index is 11.8. The molecule has 9 heteroatoms. The number of carbonyl (C=O) groups excluding carboxylic acids is 2. The molecule has 2 atom stereocenters. The molecular formula is C30H54O9. The molecular weight excluding hydrogens is 504 g/mol. The molecule has 1 rings (SSSR count). The van der Waals surface area contributed by atoms with Crippen LogP contribution in [0.4, 0.5) is 0 Å². The van der Waals surface area contributed by atoms with Crippen molar-refractivity contribution < 1.29 is 44.3 Å². The number of aliphatic hydroxyl groups is 3. The van der Waals surface area contributed by atoms with Gasteiger partial charge in [0.15, 0.2) is 6.10 Å². The summed E-state index contributed by atoms with van der Waals surface area (Å²) in [5.74, 6) is -3.60. The number of aliphatic carboxylic acids is 1. The monoisotopic (exact) mass is 558 g/mol. The second kappa shape index (κ2) is 24.9. The van der Waals surface area contributed by atoms with Gasteiger partial charge in [0.2, 0.25) is 11.5 Å². The molecule has 0 aromatic heterocycles. The van der Waals surface area contributed by atoms with Gasteiger partial charge in [-0.1, -0.05) is 117 Å². The van der Waals surface area contributed by atoms with Gasteiger partial charge in [-0.3, -0.25) is 9.59 Å². The van der Waals surface area contributed by atoms with Crippen molar-refractivity contribution in [2.45, 2.75) is 154 Å². The largest absolute Gasteiger partial charge is 0.499 e. The highest BCUT2D eigenvalue weighted by Crippen LogP contribution is 2.25. The Bertz CT molecular complexity index is 690. The molecule has 9 nitrogen and oxygen atoms in total. The zero-order chi connectivity index (χ0) is 29.3. The topological polar surface area (TPSA) is 151 Å². The SMILES string of the molecule is CCCCCCCCCCCC(=O)O.CCCCCCCCCCCC(=O)OC1=C(O)C(=O)O[C@@H]1[C@@H](O)CO. The minimum atomic E-state index is -1.45. The van der Waals surface area contributed by atoms with Crippen LogP contribution in [-0.4, -0.2) is 57.1 Å². The minimum Gasteiger partial charge on any atom is -0.499 e. The van der Waals surface area contributed by atoms with E-state index >= 15 is 0 Å². The van der Waals surface area contributed by atoms with Crippen molar-refractivity contribution in [2.24, 2.45) is 0 Å². The Hall–Kier alpha value is -2.13. The van der Waals surface area contributed by atoms with Crippen LogP contribution in [0.15, 0.2) is 11.5 Å². The smallest absolute Gasteiger partial charge is 0.378 e. The molecule has 0 amide bonds. The highest BCUT2D eigenvalue weighted by Gasteiger charge is 2.41. The fourth-order valence-electron chi connectivity index (χ4n) is 4.26. The van der Waals surface area contributed by atoms with Crippen molar-refractivity contribution in [3.05, 3.63) is 11.5 Å². The Kier molecular flexibility index (Phi) is 23.5. The van der Waals surface area contributed by atoms with Crippen LogP contribution < -0.4 is 0 Å². The van der Waals surface area contributed by atoms with Crippen LogP contribution in [0, 0.1) is 0 Å². The number of hydrogen-bond donors (Lipinski definition) is 4. The number of rotatable bonds is 23. The van der Waals surface area contributed by atoms with Crippen LogP contribution in [0.25, 0.3) is 0 Å². The van der Waals surface area contributed by atoms with Crippen LogP contribution in [0.2, 0.25) is 0 Å². The third-order valence-corrected chi connectivity index (χ3v) is 6.66. The minimum absolute atomic E-state index is 0.156. The summed E-state index contributed by atoms with van der Waals surface area (Å²) in [6.45, 7) is 3.73. The number of carbonyl (C=O) groups is 3. The van der Waals surface area contributed by atoms with Crippen molar-refractivity contribution >= 4 is 17.9 Å². The van der Waals surface area contributed by atoms with Gasteiger partial charge >= 0.3 is 17.9 Å². The van der Waals surface area contributed by atoms with E-state index in [0.29, 0.717) is 12.8 Å². The van der Waals surface area contributed by atoms with Gasteiger partial charge in [0, 0.05) is 12.8 Å². The summed E-state index contributed by atoms with van der Waals surface area (Å²) >= 11 is 0. The number of aliphatic hydroxyl groups excluding tert-OH is 3. The maximum Gasteiger partial charge on any atom is 0.378 e. The van der Waals surface area contributed by atoms with Gasteiger partial charge in [0.05, 0.1) is 6.61 Å². The molecule has 0 spiro atoms. The van der Waals surface area contributed by atoms with Gasteiger partial charge < -0.3 is 29.9 Å². The lowest BCUT2D eigenvalue weighted by molar-refractivity contribution is -0.151. The predicted molar refractivity (Wildman–Crippen MR) is 150 cm³/mol. The standard InChI is InChI=1S/C18H30O7.C12H24O2/c1-2-3-4-5-6-7-8-9-10-11-14(21)24-17-15(22)18(23)25-16(17)13(20)12-19;1-2-3-4-5-6-7-8-9-10-11-12(13)14/h13,16,19-20,22H,2-12H2,1H3;2-11H2,1H3,(H,13,14)/t13-,16+;/m0./s1. The third kappa shape index (κ3) is 19.6. The Morgan fingerprint density at radius 1 is 0.769 bits per heavy atom. The van der Waals surface area contributed by atoms with Gasteiger partial charge in [-0.25, -0.2) is 4.79 Å². The molecule has 0 saturated heterocycles. The molecule has 0 bridgehead atoms. The Balaban J connectivity index is 0.000000876. The average molecular weight is 559 g/mol. The van der Waals surface area contributed by atoms with E-state index in [1.807, 2.05) is 0 Å². The molecule has 0 fully saturated rings. The number of cyclic esters (lactones) is 1.